The van der Waals surface area contributed by atoms with E-state index in [4.69, 9.17) is 16.3 Å². The molecule has 0 aromatic heterocycles. The second-order valence-corrected chi connectivity index (χ2v) is 9.71. The first-order chi connectivity index (χ1) is 15.0. The summed E-state index contributed by atoms with van der Waals surface area (Å²) in [7, 11) is -0.803. The lowest BCUT2D eigenvalue weighted by Crippen LogP contribution is -2.50. The molecule has 0 heterocycles. The number of rotatable bonds is 9. The Morgan fingerprint density at radius 3 is 2.47 bits per heavy atom. The SMILES string of the molecule is CNC(=O)[C@@H](C)N(Cc1cccc(OC)c1)C(=O)CN(c1cc(Cl)ccc1C)S(C)(=O)=O. The molecule has 0 unspecified atom stereocenters. The van der Waals surface area contributed by atoms with Gasteiger partial charge in [-0.3, -0.25) is 13.9 Å². The van der Waals surface area contributed by atoms with Gasteiger partial charge in [0.1, 0.15) is 18.3 Å². The number of nitrogens with one attached hydrogen (secondary N) is 1. The highest BCUT2D eigenvalue weighted by atomic mass is 35.5. The van der Waals surface area contributed by atoms with Crippen molar-refractivity contribution >= 4 is 39.1 Å². The van der Waals surface area contributed by atoms with Crippen molar-refractivity contribution in [1.82, 2.24) is 10.2 Å². The Morgan fingerprint density at radius 2 is 1.88 bits per heavy atom. The molecule has 2 rings (SSSR count). The fraction of sp³-hybridized carbons (Fsp3) is 0.364. The van der Waals surface area contributed by atoms with E-state index in [-0.39, 0.29) is 12.5 Å². The molecule has 8 nitrogen and oxygen atoms in total. The zero-order valence-corrected chi connectivity index (χ0v) is 20.3. The van der Waals surface area contributed by atoms with Crippen LogP contribution in [0.5, 0.6) is 5.75 Å². The second-order valence-electron chi connectivity index (χ2n) is 7.36. The number of halogens is 1. The predicted octanol–water partition coefficient (Wildman–Crippen LogP) is 2.59. The van der Waals surface area contributed by atoms with Crippen molar-refractivity contribution in [3.05, 3.63) is 58.6 Å². The maximum atomic E-state index is 13.4. The molecule has 0 spiro atoms. The maximum Gasteiger partial charge on any atom is 0.244 e. The molecule has 2 aromatic carbocycles. The van der Waals surface area contributed by atoms with Crippen LogP contribution in [0.2, 0.25) is 5.02 Å². The van der Waals surface area contributed by atoms with Crippen LogP contribution in [-0.2, 0) is 26.2 Å². The summed E-state index contributed by atoms with van der Waals surface area (Å²) < 4.78 is 31.4. The zero-order chi connectivity index (χ0) is 24.1. The van der Waals surface area contributed by atoms with Crippen LogP contribution in [-0.4, -0.2) is 58.1 Å². The van der Waals surface area contributed by atoms with Gasteiger partial charge in [-0.05, 0) is 49.2 Å². The van der Waals surface area contributed by atoms with E-state index in [2.05, 4.69) is 5.32 Å². The van der Waals surface area contributed by atoms with Crippen molar-refractivity contribution in [3.8, 4) is 5.75 Å². The van der Waals surface area contributed by atoms with Gasteiger partial charge in [-0.2, -0.15) is 0 Å². The first-order valence-electron chi connectivity index (χ1n) is 9.85. The number of sulfonamides is 1. The highest BCUT2D eigenvalue weighted by Gasteiger charge is 2.30. The number of carbonyl (C=O) groups is 2. The largest absolute Gasteiger partial charge is 0.497 e. The Kier molecular flexibility index (Phi) is 8.51. The van der Waals surface area contributed by atoms with Crippen molar-refractivity contribution < 1.29 is 22.7 Å². The molecule has 32 heavy (non-hydrogen) atoms. The van der Waals surface area contributed by atoms with Crippen LogP contribution in [0.1, 0.15) is 18.1 Å². The molecule has 0 radical (unpaired) electrons. The minimum absolute atomic E-state index is 0.0940. The molecule has 2 amide bonds. The quantitative estimate of drug-likeness (QED) is 0.594. The van der Waals surface area contributed by atoms with Gasteiger partial charge in [-0.1, -0.05) is 29.8 Å². The van der Waals surface area contributed by atoms with Crippen molar-refractivity contribution in [2.24, 2.45) is 0 Å². The standard InChI is InChI=1S/C22H28ClN3O5S/c1-15-9-10-18(23)12-20(15)26(32(5,29)30)14-21(27)25(16(2)22(28)24-3)13-17-7-6-8-19(11-17)31-4/h6-12,16H,13-14H2,1-5H3,(H,24,28)/t16-/m1/s1. The summed E-state index contributed by atoms with van der Waals surface area (Å²) in [5.41, 5.74) is 1.69. The van der Waals surface area contributed by atoms with Crippen LogP contribution in [0.3, 0.4) is 0 Å². The molecule has 0 saturated carbocycles. The van der Waals surface area contributed by atoms with Crippen LogP contribution in [0.15, 0.2) is 42.5 Å². The number of benzene rings is 2. The van der Waals surface area contributed by atoms with E-state index in [1.165, 1.54) is 25.1 Å². The van der Waals surface area contributed by atoms with Crippen LogP contribution >= 0.6 is 11.6 Å². The number of methoxy groups -OCH3 is 1. The third kappa shape index (κ3) is 6.37. The van der Waals surface area contributed by atoms with Crippen molar-refractivity contribution in [3.63, 3.8) is 0 Å². The first-order valence-corrected chi connectivity index (χ1v) is 12.1. The van der Waals surface area contributed by atoms with E-state index in [0.717, 1.165) is 16.1 Å². The average molecular weight is 482 g/mol. The fourth-order valence-electron chi connectivity index (χ4n) is 3.21. The van der Waals surface area contributed by atoms with E-state index in [1.54, 1.807) is 50.2 Å². The van der Waals surface area contributed by atoms with Crippen molar-refractivity contribution in [1.29, 1.82) is 0 Å². The molecule has 1 N–H and O–H groups in total. The highest BCUT2D eigenvalue weighted by Crippen LogP contribution is 2.27. The summed E-state index contributed by atoms with van der Waals surface area (Å²) in [6.07, 6.45) is 1.02. The molecule has 10 heteroatoms. The van der Waals surface area contributed by atoms with Gasteiger partial charge in [0.05, 0.1) is 19.1 Å². The van der Waals surface area contributed by atoms with Crippen LogP contribution < -0.4 is 14.4 Å². The third-order valence-electron chi connectivity index (χ3n) is 5.02. The average Bonchev–Trinajstić information content (AvgIpc) is 2.75. The molecule has 0 aliphatic carbocycles. The highest BCUT2D eigenvalue weighted by molar-refractivity contribution is 7.92. The Hall–Kier alpha value is -2.78. The van der Waals surface area contributed by atoms with Crippen LogP contribution in [0, 0.1) is 6.92 Å². The molecule has 174 valence electrons. The van der Waals surface area contributed by atoms with E-state index in [0.29, 0.717) is 22.0 Å². The summed E-state index contributed by atoms with van der Waals surface area (Å²) in [6, 6.07) is 11.1. The fourth-order valence-corrected chi connectivity index (χ4v) is 4.27. The molecule has 0 bridgehead atoms. The summed E-state index contributed by atoms with van der Waals surface area (Å²) in [4.78, 5) is 27.0. The number of ether oxygens (including phenoxy) is 1. The summed E-state index contributed by atoms with van der Waals surface area (Å²) >= 11 is 6.08. The topological polar surface area (TPSA) is 96.0 Å². The lowest BCUT2D eigenvalue weighted by Gasteiger charge is -2.31. The van der Waals surface area contributed by atoms with Gasteiger partial charge in [-0.15, -0.1) is 0 Å². The lowest BCUT2D eigenvalue weighted by molar-refractivity contribution is -0.139. The number of aryl methyl sites for hydroxylation is 1. The molecule has 2 aromatic rings. The van der Waals surface area contributed by atoms with Crippen molar-refractivity contribution in [2.45, 2.75) is 26.4 Å². The predicted molar refractivity (Wildman–Crippen MR) is 125 cm³/mol. The Labute approximate surface area is 194 Å². The van der Waals surface area contributed by atoms with Gasteiger partial charge >= 0.3 is 0 Å². The number of carbonyl (C=O) groups excluding carboxylic acids is 2. The van der Waals surface area contributed by atoms with Crippen LogP contribution in [0.4, 0.5) is 5.69 Å². The summed E-state index contributed by atoms with van der Waals surface area (Å²) in [5.74, 6) is -0.297. The Morgan fingerprint density at radius 1 is 1.19 bits per heavy atom. The molecule has 0 fully saturated rings. The van der Waals surface area contributed by atoms with E-state index in [1.807, 2.05) is 0 Å². The lowest BCUT2D eigenvalue weighted by atomic mass is 10.1. The second kappa shape index (κ2) is 10.7. The van der Waals surface area contributed by atoms with Gasteiger partial charge in [0.2, 0.25) is 21.8 Å². The van der Waals surface area contributed by atoms with Gasteiger partial charge in [0.15, 0.2) is 0 Å². The number of hydrogen-bond acceptors (Lipinski definition) is 5. The third-order valence-corrected chi connectivity index (χ3v) is 6.38. The van der Waals surface area contributed by atoms with Gasteiger partial charge in [0, 0.05) is 18.6 Å². The zero-order valence-electron chi connectivity index (χ0n) is 18.8. The van der Waals surface area contributed by atoms with E-state index >= 15 is 0 Å². The number of amides is 2. The van der Waals surface area contributed by atoms with Gasteiger partial charge in [-0.25, -0.2) is 8.42 Å². The Bertz CT molecular complexity index is 1090. The Balaban J connectivity index is 2.43. The molecule has 0 saturated heterocycles. The van der Waals surface area contributed by atoms with Crippen molar-refractivity contribution in [2.75, 3.05) is 31.3 Å². The minimum atomic E-state index is -3.81. The number of anilines is 1. The molecule has 1 atom stereocenters. The van der Waals surface area contributed by atoms with Gasteiger partial charge in [0.25, 0.3) is 0 Å². The number of hydrogen-bond donors (Lipinski definition) is 1. The smallest absolute Gasteiger partial charge is 0.244 e. The van der Waals surface area contributed by atoms with Crippen LogP contribution in [0.25, 0.3) is 0 Å². The number of likely N-dealkylation sites (N-methyl/N-ethyl adjacent to an activating group) is 1. The normalized spacial score (nSPS) is 12.1. The minimum Gasteiger partial charge on any atom is -0.497 e. The molecular formula is C22H28ClN3O5S. The molecule has 0 aliphatic heterocycles. The molecule has 0 aliphatic rings. The van der Waals surface area contributed by atoms with Gasteiger partial charge < -0.3 is 15.0 Å². The first kappa shape index (κ1) is 25.5. The summed E-state index contributed by atoms with van der Waals surface area (Å²) in [5, 5.41) is 2.88. The summed E-state index contributed by atoms with van der Waals surface area (Å²) in [6.45, 7) is 2.93. The van der Waals surface area contributed by atoms with E-state index in [9.17, 15) is 18.0 Å². The monoisotopic (exact) mass is 481 g/mol. The van der Waals surface area contributed by atoms with E-state index < -0.39 is 28.5 Å². The maximum absolute atomic E-state index is 13.4. The molecular weight excluding hydrogens is 454 g/mol. The number of nitrogens with zero attached hydrogens (tertiary/aromatic N) is 2.